The molecule has 0 aliphatic heterocycles. The van der Waals surface area contributed by atoms with E-state index in [1.807, 2.05) is 6.92 Å². The molecule has 0 saturated carbocycles. The molecule has 0 saturated heterocycles. The van der Waals surface area contributed by atoms with Gasteiger partial charge in [0, 0.05) is 44.3 Å². The Hall–Kier alpha value is -1.13. The fraction of sp³-hybridized carbons (Fsp3) is 0.500. The molecule has 1 aromatic carbocycles. The van der Waals surface area contributed by atoms with Crippen LogP contribution in [0.5, 0.6) is 0 Å². The number of carbonyl (C=O) groups excluding carboxylic acids is 1. The summed E-state index contributed by atoms with van der Waals surface area (Å²) in [5.41, 5.74) is 0.458. The normalized spacial score (nSPS) is 12.3. The maximum absolute atomic E-state index is 13.6. The lowest BCUT2D eigenvalue weighted by Crippen LogP contribution is -2.28. The highest BCUT2D eigenvalue weighted by Crippen LogP contribution is 2.16. The minimum Gasteiger partial charge on any atom is -0.384 e. The number of halogens is 2. The highest BCUT2D eigenvalue weighted by atomic mass is 35.5. The summed E-state index contributed by atoms with van der Waals surface area (Å²) in [5, 5.41) is 0.351. The van der Waals surface area contributed by atoms with Crippen molar-refractivity contribution in [1.82, 2.24) is 4.90 Å². The Kier molecular flexibility index (Phi) is 6.25. The Morgan fingerprint density at radius 2 is 2.21 bits per heavy atom. The number of nitrogens with zero attached hydrogens (tertiary/aromatic N) is 1. The molecule has 0 aliphatic carbocycles. The largest absolute Gasteiger partial charge is 0.384 e. The second kappa shape index (κ2) is 7.46. The zero-order valence-corrected chi connectivity index (χ0v) is 12.2. The molecule has 0 aliphatic rings. The molecule has 1 aromatic rings. The summed E-state index contributed by atoms with van der Waals surface area (Å²) in [6.45, 7) is 2.72. The van der Waals surface area contributed by atoms with Crippen molar-refractivity contribution in [3.63, 3.8) is 0 Å². The average Bonchev–Trinajstić information content (AvgIpc) is 2.32. The van der Waals surface area contributed by atoms with E-state index in [1.165, 1.54) is 11.0 Å². The van der Waals surface area contributed by atoms with Crippen LogP contribution in [0.15, 0.2) is 18.2 Å². The van der Waals surface area contributed by atoms with Gasteiger partial charge in [0.2, 0.25) is 5.91 Å². The van der Waals surface area contributed by atoms with Gasteiger partial charge in [0.25, 0.3) is 0 Å². The Morgan fingerprint density at radius 3 is 2.79 bits per heavy atom. The van der Waals surface area contributed by atoms with E-state index in [0.29, 0.717) is 23.6 Å². The van der Waals surface area contributed by atoms with Gasteiger partial charge in [-0.25, -0.2) is 4.39 Å². The van der Waals surface area contributed by atoms with Gasteiger partial charge >= 0.3 is 0 Å². The lowest BCUT2D eigenvalue weighted by atomic mass is 10.1. The molecule has 3 nitrogen and oxygen atoms in total. The summed E-state index contributed by atoms with van der Waals surface area (Å²) in [6.07, 6.45) is 0.388. The van der Waals surface area contributed by atoms with E-state index in [0.717, 1.165) is 0 Å². The molecule has 0 radical (unpaired) electrons. The molecule has 1 rings (SSSR count). The van der Waals surface area contributed by atoms with Gasteiger partial charge in [0.1, 0.15) is 5.82 Å². The van der Waals surface area contributed by atoms with Gasteiger partial charge in [0.05, 0.1) is 0 Å². The van der Waals surface area contributed by atoms with Crippen LogP contribution < -0.4 is 0 Å². The second-order valence-electron chi connectivity index (χ2n) is 4.75. The van der Waals surface area contributed by atoms with Gasteiger partial charge < -0.3 is 9.64 Å². The van der Waals surface area contributed by atoms with Crippen molar-refractivity contribution in [2.75, 3.05) is 20.8 Å². The average molecular weight is 288 g/mol. The molecule has 0 N–H and O–H groups in total. The molecular formula is C14H19ClFNO2. The number of benzene rings is 1. The Morgan fingerprint density at radius 1 is 1.53 bits per heavy atom. The predicted molar refractivity (Wildman–Crippen MR) is 73.5 cm³/mol. The fourth-order valence-electron chi connectivity index (χ4n) is 1.79. The topological polar surface area (TPSA) is 29.5 Å². The molecule has 106 valence electrons. The van der Waals surface area contributed by atoms with Crippen molar-refractivity contribution in [3.8, 4) is 0 Å². The Labute approximate surface area is 118 Å². The van der Waals surface area contributed by atoms with Crippen LogP contribution in [0.25, 0.3) is 0 Å². The van der Waals surface area contributed by atoms with E-state index in [9.17, 15) is 9.18 Å². The van der Waals surface area contributed by atoms with E-state index in [4.69, 9.17) is 16.3 Å². The van der Waals surface area contributed by atoms with Gasteiger partial charge in [-0.1, -0.05) is 24.6 Å². The van der Waals surface area contributed by atoms with Crippen molar-refractivity contribution in [3.05, 3.63) is 34.6 Å². The zero-order valence-electron chi connectivity index (χ0n) is 11.5. The standard InChI is InChI=1S/C14H19ClFNO2/c1-10(9-19-3)6-14(18)17(2)8-11-4-5-12(15)7-13(11)16/h4-5,7,10H,6,8-9H2,1-3H3. The first-order valence-corrected chi connectivity index (χ1v) is 6.48. The van der Waals surface area contributed by atoms with E-state index in [2.05, 4.69) is 0 Å². The van der Waals surface area contributed by atoms with Crippen LogP contribution in [0.2, 0.25) is 5.02 Å². The van der Waals surface area contributed by atoms with Crippen molar-refractivity contribution >= 4 is 17.5 Å². The molecule has 1 atom stereocenters. The molecule has 0 spiro atoms. The molecule has 19 heavy (non-hydrogen) atoms. The zero-order chi connectivity index (χ0) is 14.4. The molecule has 0 heterocycles. The number of ether oxygens (including phenoxy) is 1. The Bertz CT molecular complexity index is 439. The third kappa shape index (κ3) is 5.17. The first kappa shape index (κ1) is 15.9. The molecular weight excluding hydrogens is 269 g/mol. The number of methoxy groups -OCH3 is 1. The first-order chi connectivity index (χ1) is 8.93. The van der Waals surface area contributed by atoms with Crippen LogP contribution in [0.1, 0.15) is 18.9 Å². The fourth-order valence-corrected chi connectivity index (χ4v) is 1.95. The van der Waals surface area contributed by atoms with Crippen molar-refractivity contribution < 1.29 is 13.9 Å². The first-order valence-electron chi connectivity index (χ1n) is 6.11. The van der Waals surface area contributed by atoms with Crippen LogP contribution in [0.4, 0.5) is 4.39 Å². The summed E-state index contributed by atoms with van der Waals surface area (Å²) in [5.74, 6) is -0.272. The van der Waals surface area contributed by atoms with E-state index in [1.54, 1.807) is 26.3 Å². The third-order valence-corrected chi connectivity index (χ3v) is 3.06. The second-order valence-corrected chi connectivity index (χ2v) is 5.19. The third-order valence-electron chi connectivity index (χ3n) is 2.82. The van der Waals surface area contributed by atoms with E-state index < -0.39 is 5.82 Å². The number of rotatable bonds is 6. The van der Waals surface area contributed by atoms with Crippen LogP contribution in [0, 0.1) is 11.7 Å². The maximum Gasteiger partial charge on any atom is 0.222 e. The molecule has 5 heteroatoms. The smallest absolute Gasteiger partial charge is 0.222 e. The van der Waals surface area contributed by atoms with Gasteiger partial charge in [-0.15, -0.1) is 0 Å². The molecule has 0 bridgehead atoms. The predicted octanol–water partition coefficient (Wildman–Crippen LogP) is 3.11. The summed E-state index contributed by atoms with van der Waals surface area (Å²) >= 11 is 5.69. The quantitative estimate of drug-likeness (QED) is 0.804. The van der Waals surface area contributed by atoms with E-state index >= 15 is 0 Å². The minimum absolute atomic E-state index is 0.0288. The lowest BCUT2D eigenvalue weighted by Gasteiger charge is -2.19. The van der Waals surface area contributed by atoms with Crippen molar-refractivity contribution in [2.24, 2.45) is 5.92 Å². The SMILES string of the molecule is COCC(C)CC(=O)N(C)Cc1ccc(Cl)cc1F. The highest BCUT2D eigenvalue weighted by Gasteiger charge is 2.15. The molecule has 1 unspecified atom stereocenters. The van der Waals surface area contributed by atoms with Crippen molar-refractivity contribution in [2.45, 2.75) is 19.9 Å². The van der Waals surface area contributed by atoms with Crippen molar-refractivity contribution in [1.29, 1.82) is 0 Å². The number of hydrogen-bond donors (Lipinski definition) is 0. The van der Waals surface area contributed by atoms with Gasteiger partial charge in [-0.2, -0.15) is 0 Å². The van der Waals surface area contributed by atoms with E-state index in [-0.39, 0.29) is 18.4 Å². The van der Waals surface area contributed by atoms with Gasteiger partial charge in [0.15, 0.2) is 0 Å². The summed E-state index contributed by atoms with van der Waals surface area (Å²) < 4.78 is 18.6. The maximum atomic E-state index is 13.6. The molecule has 1 amide bonds. The van der Waals surface area contributed by atoms with Crippen LogP contribution in [0.3, 0.4) is 0 Å². The monoisotopic (exact) mass is 287 g/mol. The molecule has 0 aromatic heterocycles. The summed E-state index contributed by atoms with van der Waals surface area (Å²) in [4.78, 5) is 13.4. The number of amides is 1. The Balaban J connectivity index is 2.58. The van der Waals surface area contributed by atoms with Gasteiger partial charge in [-0.05, 0) is 18.1 Å². The van der Waals surface area contributed by atoms with Gasteiger partial charge in [-0.3, -0.25) is 4.79 Å². The lowest BCUT2D eigenvalue weighted by molar-refractivity contribution is -0.131. The van der Waals surface area contributed by atoms with Crippen LogP contribution in [-0.4, -0.2) is 31.6 Å². The summed E-state index contributed by atoms with van der Waals surface area (Å²) in [6, 6.07) is 4.47. The summed E-state index contributed by atoms with van der Waals surface area (Å²) in [7, 11) is 3.27. The number of carbonyl (C=O) groups is 1. The minimum atomic E-state index is -0.392. The van der Waals surface area contributed by atoms with Crippen LogP contribution in [-0.2, 0) is 16.1 Å². The number of hydrogen-bond acceptors (Lipinski definition) is 2. The molecule has 0 fully saturated rings. The van der Waals surface area contributed by atoms with Crippen LogP contribution >= 0.6 is 11.6 Å². The highest BCUT2D eigenvalue weighted by molar-refractivity contribution is 6.30.